The monoisotopic (exact) mass is 415 g/mol. The van der Waals surface area contributed by atoms with Gasteiger partial charge in [0.1, 0.15) is 11.4 Å². The zero-order chi connectivity index (χ0) is 21.0. The molecule has 2 aromatic carbocycles. The van der Waals surface area contributed by atoms with E-state index in [1.54, 1.807) is 55.6 Å². The summed E-state index contributed by atoms with van der Waals surface area (Å²) >= 11 is 5.97. The number of halogens is 1. The van der Waals surface area contributed by atoms with Gasteiger partial charge in [0, 0.05) is 16.1 Å². The number of nitrogens with zero attached hydrogens (tertiary/aromatic N) is 1. The topological polar surface area (TPSA) is 87.9 Å². The summed E-state index contributed by atoms with van der Waals surface area (Å²) in [6.45, 7) is 0. The third-order valence-corrected chi connectivity index (χ3v) is 4.61. The lowest BCUT2D eigenvalue weighted by atomic mass is 9.91. The van der Waals surface area contributed by atoms with Gasteiger partial charge in [0.25, 0.3) is 0 Å². The standard InChI is InChI=1S/C21H18ClNO6/c1-26-15-10-6-12(7-11-15)18-16(17(20(24)27-2)21(25)28-3)19(29-23-18)13-4-8-14(22)9-5-13/h4-11,17H,1-3H3. The van der Waals surface area contributed by atoms with E-state index >= 15 is 0 Å². The van der Waals surface area contributed by atoms with Gasteiger partial charge < -0.3 is 18.7 Å². The van der Waals surface area contributed by atoms with Crippen molar-refractivity contribution < 1.29 is 28.3 Å². The Morgan fingerprint density at radius 2 is 1.45 bits per heavy atom. The summed E-state index contributed by atoms with van der Waals surface area (Å²) in [6.07, 6.45) is 0. The van der Waals surface area contributed by atoms with Gasteiger partial charge in [-0.05, 0) is 48.5 Å². The second-order valence-electron chi connectivity index (χ2n) is 5.99. The Morgan fingerprint density at radius 3 is 1.97 bits per heavy atom. The lowest BCUT2D eigenvalue weighted by Crippen LogP contribution is -2.25. The SMILES string of the molecule is COC(=O)C(C(=O)OC)c1c(-c2ccc(OC)cc2)noc1-c1ccc(Cl)cc1. The molecular weight excluding hydrogens is 398 g/mol. The Labute approximate surface area is 172 Å². The number of carbonyl (C=O) groups excluding carboxylic acids is 2. The highest BCUT2D eigenvalue weighted by atomic mass is 35.5. The van der Waals surface area contributed by atoms with Crippen LogP contribution in [-0.4, -0.2) is 38.4 Å². The molecule has 1 heterocycles. The van der Waals surface area contributed by atoms with Gasteiger partial charge in [-0.1, -0.05) is 16.8 Å². The molecule has 150 valence electrons. The Kier molecular flexibility index (Phi) is 6.19. The van der Waals surface area contributed by atoms with E-state index in [9.17, 15) is 9.59 Å². The van der Waals surface area contributed by atoms with E-state index in [4.69, 9.17) is 30.3 Å². The second-order valence-corrected chi connectivity index (χ2v) is 6.43. The van der Waals surface area contributed by atoms with Crippen molar-refractivity contribution in [2.75, 3.05) is 21.3 Å². The van der Waals surface area contributed by atoms with Crippen LogP contribution in [0.15, 0.2) is 53.1 Å². The van der Waals surface area contributed by atoms with E-state index < -0.39 is 17.9 Å². The number of aromatic nitrogens is 1. The second kappa shape index (κ2) is 8.79. The molecule has 0 bridgehead atoms. The molecular formula is C21H18ClNO6. The van der Waals surface area contributed by atoms with Crippen LogP contribution in [0.1, 0.15) is 11.5 Å². The van der Waals surface area contributed by atoms with Crippen molar-refractivity contribution in [3.05, 3.63) is 59.1 Å². The molecule has 0 amide bonds. The fourth-order valence-corrected chi connectivity index (χ4v) is 3.03. The van der Waals surface area contributed by atoms with Crippen LogP contribution in [0.3, 0.4) is 0 Å². The molecule has 3 rings (SSSR count). The molecule has 0 N–H and O–H groups in total. The molecule has 0 atom stereocenters. The number of rotatable bonds is 6. The molecule has 29 heavy (non-hydrogen) atoms. The predicted octanol–water partition coefficient (Wildman–Crippen LogP) is 4.10. The first-order valence-corrected chi connectivity index (χ1v) is 8.93. The third kappa shape index (κ3) is 4.09. The summed E-state index contributed by atoms with van der Waals surface area (Å²) in [7, 11) is 3.95. The van der Waals surface area contributed by atoms with Gasteiger partial charge in [-0.25, -0.2) is 0 Å². The molecule has 0 saturated heterocycles. The van der Waals surface area contributed by atoms with E-state index in [1.807, 2.05) is 0 Å². The third-order valence-electron chi connectivity index (χ3n) is 4.36. The Bertz CT molecular complexity index is 995. The summed E-state index contributed by atoms with van der Waals surface area (Å²) < 4.78 is 20.4. The van der Waals surface area contributed by atoms with Crippen molar-refractivity contribution >= 4 is 23.5 Å². The molecule has 0 saturated carbocycles. The summed E-state index contributed by atoms with van der Waals surface area (Å²) in [5.41, 5.74) is 1.78. The van der Waals surface area contributed by atoms with Gasteiger partial charge in [-0.2, -0.15) is 0 Å². The van der Waals surface area contributed by atoms with Crippen LogP contribution in [0.4, 0.5) is 0 Å². The van der Waals surface area contributed by atoms with Gasteiger partial charge in [0.15, 0.2) is 11.7 Å². The molecule has 0 aliphatic rings. The number of hydrogen-bond donors (Lipinski definition) is 0. The Hall–Kier alpha value is -3.32. The fraction of sp³-hybridized carbons (Fsp3) is 0.190. The molecule has 1 aromatic heterocycles. The predicted molar refractivity (Wildman–Crippen MR) is 106 cm³/mol. The van der Waals surface area contributed by atoms with Crippen molar-refractivity contribution in [1.29, 1.82) is 0 Å². The van der Waals surface area contributed by atoms with E-state index in [1.165, 1.54) is 14.2 Å². The number of ether oxygens (including phenoxy) is 3. The number of hydrogen-bond acceptors (Lipinski definition) is 7. The van der Waals surface area contributed by atoms with Crippen molar-refractivity contribution in [2.24, 2.45) is 0 Å². The van der Waals surface area contributed by atoms with Crippen molar-refractivity contribution in [1.82, 2.24) is 5.16 Å². The van der Waals surface area contributed by atoms with Crippen molar-refractivity contribution in [3.63, 3.8) is 0 Å². The van der Waals surface area contributed by atoms with Crippen LogP contribution in [0, 0.1) is 0 Å². The Morgan fingerprint density at radius 1 is 0.897 bits per heavy atom. The Balaban J connectivity index is 2.24. The lowest BCUT2D eigenvalue weighted by molar-refractivity contribution is -0.154. The average molecular weight is 416 g/mol. The number of benzene rings is 2. The maximum atomic E-state index is 12.5. The van der Waals surface area contributed by atoms with Crippen LogP contribution in [0.25, 0.3) is 22.6 Å². The maximum absolute atomic E-state index is 12.5. The quantitative estimate of drug-likeness (QED) is 0.442. The largest absolute Gasteiger partial charge is 0.497 e. The average Bonchev–Trinajstić information content (AvgIpc) is 3.18. The lowest BCUT2D eigenvalue weighted by Gasteiger charge is -2.14. The number of carbonyl (C=O) groups is 2. The number of methoxy groups -OCH3 is 3. The minimum atomic E-state index is -1.38. The number of esters is 2. The van der Waals surface area contributed by atoms with Gasteiger partial charge in [0.2, 0.25) is 0 Å². The summed E-state index contributed by atoms with van der Waals surface area (Å²) in [6, 6.07) is 13.7. The van der Waals surface area contributed by atoms with Gasteiger partial charge >= 0.3 is 11.9 Å². The van der Waals surface area contributed by atoms with E-state index in [0.717, 1.165) is 0 Å². The first-order valence-electron chi connectivity index (χ1n) is 8.55. The molecule has 7 nitrogen and oxygen atoms in total. The van der Waals surface area contributed by atoms with Crippen LogP contribution in [0.2, 0.25) is 5.02 Å². The minimum Gasteiger partial charge on any atom is -0.497 e. The zero-order valence-electron chi connectivity index (χ0n) is 16.0. The summed E-state index contributed by atoms with van der Waals surface area (Å²) in [5, 5.41) is 4.66. The highest BCUT2D eigenvalue weighted by Gasteiger charge is 2.38. The van der Waals surface area contributed by atoms with Gasteiger partial charge in [0.05, 0.1) is 26.9 Å². The smallest absolute Gasteiger partial charge is 0.324 e. The molecule has 8 heteroatoms. The first kappa shape index (κ1) is 20.4. The molecule has 0 spiro atoms. The molecule has 3 aromatic rings. The van der Waals surface area contributed by atoms with Crippen molar-refractivity contribution in [3.8, 4) is 28.3 Å². The van der Waals surface area contributed by atoms with Crippen LogP contribution >= 0.6 is 11.6 Å². The summed E-state index contributed by atoms with van der Waals surface area (Å²) in [5.74, 6) is -2.06. The maximum Gasteiger partial charge on any atom is 0.324 e. The molecule has 0 aliphatic carbocycles. The molecule has 0 unspecified atom stereocenters. The normalized spacial score (nSPS) is 10.7. The van der Waals surface area contributed by atoms with Gasteiger partial charge in [-0.15, -0.1) is 0 Å². The van der Waals surface area contributed by atoms with Crippen LogP contribution in [-0.2, 0) is 19.1 Å². The fourth-order valence-electron chi connectivity index (χ4n) is 2.90. The highest BCUT2D eigenvalue weighted by molar-refractivity contribution is 6.30. The van der Waals surface area contributed by atoms with E-state index in [2.05, 4.69) is 5.16 Å². The zero-order valence-corrected chi connectivity index (χ0v) is 16.7. The van der Waals surface area contributed by atoms with E-state index in [-0.39, 0.29) is 11.3 Å². The molecule has 0 fully saturated rings. The van der Waals surface area contributed by atoms with Crippen LogP contribution < -0.4 is 4.74 Å². The highest BCUT2D eigenvalue weighted by Crippen LogP contribution is 2.39. The van der Waals surface area contributed by atoms with Crippen molar-refractivity contribution in [2.45, 2.75) is 5.92 Å². The molecule has 0 radical (unpaired) electrons. The minimum absolute atomic E-state index is 0.244. The summed E-state index contributed by atoms with van der Waals surface area (Å²) in [4.78, 5) is 25.0. The first-order chi connectivity index (χ1) is 14.0. The van der Waals surface area contributed by atoms with Gasteiger partial charge in [-0.3, -0.25) is 9.59 Å². The van der Waals surface area contributed by atoms with E-state index in [0.29, 0.717) is 27.6 Å². The van der Waals surface area contributed by atoms with Crippen LogP contribution in [0.5, 0.6) is 5.75 Å². The molecule has 0 aliphatic heterocycles.